The number of nitrogens with zero attached hydrogens (tertiary/aromatic N) is 2. The highest BCUT2D eigenvalue weighted by Gasteiger charge is 2.55. The second-order valence-corrected chi connectivity index (χ2v) is 11.8. The molecule has 0 bridgehead atoms. The molecule has 3 aliphatic rings. The van der Waals surface area contributed by atoms with Gasteiger partial charge in [-0.1, -0.05) is 57.2 Å². The Morgan fingerprint density at radius 3 is 2.55 bits per heavy atom. The maximum Gasteiger partial charge on any atom is 0.415 e. The number of methoxy groups -OCH3 is 1. The van der Waals surface area contributed by atoms with Crippen molar-refractivity contribution in [3.63, 3.8) is 0 Å². The number of piperidine rings is 1. The Hall–Kier alpha value is -2.32. The first-order valence-corrected chi connectivity index (χ1v) is 13.1. The molecule has 2 aliphatic heterocycles. The lowest BCUT2D eigenvalue weighted by Crippen LogP contribution is -2.58. The summed E-state index contributed by atoms with van der Waals surface area (Å²) in [6.07, 6.45) is 9.48. The molecule has 2 heterocycles. The van der Waals surface area contributed by atoms with E-state index in [9.17, 15) is 13.2 Å². The Kier molecular flexibility index (Phi) is 6.35. The van der Waals surface area contributed by atoms with Gasteiger partial charge in [0.2, 0.25) is 10.0 Å². The first-order valence-electron chi connectivity index (χ1n) is 11.6. The quantitative estimate of drug-likeness (QED) is 0.601. The molecule has 1 unspecified atom stereocenters. The van der Waals surface area contributed by atoms with E-state index in [0.29, 0.717) is 38.1 Å². The lowest BCUT2D eigenvalue weighted by atomic mass is 9.73. The van der Waals surface area contributed by atoms with Crippen molar-refractivity contribution in [1.29, 1.82) is 0 Å². The Balaban J connectivity index is 1.59. The Labute approximate surface area is 197 Å². The van der Waals surface area contributed by atoms with Crippen LogP contribution in [0.25, 0.3) is 0 Å². The van der Waals surface area contributed by atoms with E-state index in [2.05, 4.69) is 0 Å². The third-order valence-electron chi connectivity index (χ3n) is 7.74. The van der Waals surface area contributed by atoms with E-state index in [1.165, 1.54) is 0 Å². The van der Waals surface area contributed by atoms with Crippen LogP contribution in [0.15, 0.2) is 42.5 Å². The van der Waals surface area contributed by atoms with Gasteiger partial charge in [0, 0.05) is 24.7 Å². The predicted molar refractivity (Wildman–Crippen MR) is 129 cm³/mol. The van der Waals surface area contributed by atoms with E-state index in [1.54, 1.807) is 16.3 Å². The lowest BCUT2D eigenvalue weighted by molar-refractivity contribution is 0.135. The molecule has 1 amide bonds. The van der Waals surface area contributed by atoms with Gasteiger partial charge in [-0.25, -0.2) is 17.5 Å². The minimum absolute atomic E-state index is 0.156. The molecule has 0 radical (unpaired) electrons. The smallest absolute Gasteiger partial charge is 0.415 e. The minimum Gasteiger partial charge on any atom is -0.495 e. The maximum atomic E-state index is 14.0. The van der Waals surface area contributed by atoms with Crippen LogP contribution in [-0.4, -0.2) is 49.8 Å². The summed E-state index contributed by atoms with van der Waals surface area (Å²) in [5, 5.41) is 0. The summed E-state index contributed by atoms with van der Waals surface area (Å²) in [6.45, 7) is 7.05. The molecule has 1 saturated heterocycles. The number of ether oxygens (including phenoxy) is 2. The number of sulfonamides is 1. The average molecular weight is 475 g/mol. The van der Waals surface area contributed by atoms with Crippen LogP contribution in [0, 0.1) is 5.41 Å². The zero-order valence-corrected chi connectivity index (χ0v) is 20.7. The van der Waals surface area contributed by atoms with Gasteiger partial charge in [0.15, 0.2) is 0 Å². The van der Waals surface area contributed by atoms with Crippen LogP contribution < -0.4 is 9.64 Å². The van der Waals surface area contributed by atoms with Crippen LogP contribution in [0.4, 0.5) is 10.5 Å². The van der Waals surface area contributed by atoms with Gasteiger partial charge >= 0.3 is 6.09 Å². The van der Waals surface area contributed by atoms with Gasteiger partial charge in [-0.05, 0) is 37.2 Å². The van der Waals surface area contributed by atoms with Crippen LogP contribution in [0.2, 0.25) is 0 Å². The minimum atomic E-state index is -3.62. The second kappa shape index (κ2) is 8.80. The summed E-state index contributed by atoms with van der Waals surface area (Å²) in [5.41, 5.74) is 1.21. The number of anilines is 1. The number of carbonyl (C=O) groups is 1. The first-order chi connectivity index (χ1) is 15.7. The number of benzene rings is 1. The first kappa shape index (κ1) is 23.8. The number of allylic oxidation sites excluding steroid dienone is 3. The SMILES string of the molecule is CCC(C)(C)C1(S(=O)(=O)N2CCC(N3C(=O)OCc4cccc(OC)c43)CC2)C=CC=CC1. The van der Waals surface area contributed by atoms with Gasteiger partial charge < -0.3 is 9.47 Å². The zero-order chi connectivity index (χ0) is 23.9. The molecule has 0 N–H and O–H groups in total. The van der Waals surface area contributed by atoms with Crippen molar-refractivity contribution in [2.75, 3.05) is 25.1 Å². The number of hydrogen-bond acceptors (Lipinski definition) is 5. The Morgan fingerprint density at radius 2 is 1.94 bits per heavy atom. The van der Waals surface area contributed by atoms with Crippen LogP contribution in [0.5, 0.6) is 5.75 Å². The summed E-state index contributed by atoms with van der Waals surface area (Å²) in [7, 11) is -2.03. The number of para-hydroxylation sites is 1. The van der Waals surface area contributed by atoms with Crippen LogP contribution in [0.3, 0.4) is 0 Å². The zero-order valence-electron chi connectivity index (χ0n) is 19.9. The van der Waals surface area contributed by atoms with Gasteiger partial charge in [-0.2, -0.15) is 0 Å². The lowest BCUT2D eigenvalue weighted by Gasteiger charge is -2.48. The highest BCUT2D eigenvalue weighted by Crippen LogP contribution is 2.48. The highest BCUT2D eigenvalue weighted by atomic mass is 32.2. The largest absolute Gasteiger partial charge is 0.495 e. The number of fused-ring (bicyclic) bond motifs is 1. The normalized spacial score (nSPS) is 24.5. The number of carbonyl (C=O) groups excluding carboxylic acids is 1. The van der Waals surface area contributed by atoms with E-state index in [-0.39, 0.29) is 12.6 Å². The molecule has 0 spiro atoms. The molecule has 0 saturated carbocycles. The molecule has 33 heavy (non-hydrogen) atoms. The van der Waals surface area contributed by atoms with Gasteiger partial charge in [0.25, 0.3) is 0 Å². The highest BCUT2D eigenvalue weighted by molar-refractivity contribution is 7.90. The summed E-state index contributed by atoms with van der Waals surface area (Å²) >= 11 is 0. The monoisotopic (exact) mass is 474 g/mol. The van der Waals surface area contributed by atoms with E-state index in [1.807, 2.05) is 63.3 Å². The molecule has 1 aromatic carbocycles. The Bertz CT molecular complexity index is 1060. The average Bonchev–Trinajstić information content (AvgIpc) is 2.84. The van der Waals surface area contributed by atoms with Crippen LogP contribution in [0.1, 0.15) is 52.0 Å². The van der Waals surface area contributed by atoms with E-state index in [0.717, 1.165) is 17.7 Å². The summed E-state index contributed by atoms with van der Waals surface area (Å²) in [4.78, 5) is 14.4. The maximum absolute atomic E-state index is 14.0. The standard InChI is InChI=1S/C25H34N2O5S/c1-5-24(2,3)25(14-7-6-8-15-25)33(29,30)26-16-12-20(13-17-26)27-22-19(18-32-23(27)28)10-9-11-21(22)31-4/h6-11,14,20H,5,12-13,15-18H2,1-4H3. The predicted octanol–water partition coefficient (Wildman–Crippen LogP) is 4.64. The number of amides is 1. The number of rotatable bonds is 6. The van der Waals surface area contributed by atoms with Gasteiger partial charge in [-0.3, -0.25) is 4.90 Å². The summed E-state index contributed by atoms with van der Waals surface area (Å²) in [6, 6.07) is 5.49. The fraction of sp³-hybridized carbons (Fsp3) is 0.560. The molecule has 1 atom stereocenters. The fourth-order valence-corrected chi connectivity index (χ4v) is 7.82. The molecule has 1 fully saturated rings. The summed E-state index contributed by atoms with van der Waals surface area (Å²) in [5.74, 6) is 0.627. The van der Waals surface area contributed by atoms with Crippen molar-refractivity contribution in [3.05, 3.63) is 48.1 Å². The molecule has 1 aromatic rings. The third-order valence-corrected chi connectivity index (χ3v) is 10.6. The molecular formula is C25H34N2O5S. The van der Waals surface area contributed by atoms with Crippen molar-refractivity contribution < 1.29 is 22.7 Å². The van der Waals surface area contributed by atoms with E-state index >= 15 is 0 Å². The van der Waals surface area contributed by atoms with Crippen molar-refractivity contribution >= 4 is 21.8 Å². The number of cyclic esters (lactones) is 1. The topological polar surface area (TPSA) is 76.2 Å². The number of hydrogen-bond donors (Lipinski definition) is 0. The molecule has 0 aromatic heterocycles. The van der Waals surface area contributed by atoms with Gasteiger partial charge in [0.1, 0.15) is 17.1 Å². The van der Waals surface area contributed by atoms with E-state index in [4.69, 9.17) is 9.47 Å². The van der Waals surface area contributed by atoms with Crippen LogP contribution in [-0.2, 0) is 21.4 Å². The third kappa shape index (κ3) is 3.77. The van der Waals surface area contributed by atoms with Crippen molar-refractivity contribution in [2.45, 2.75) is 63.9 Å². The Morgan fingerprint density at radius 1 is 1.21 bits per heavy atom. The van der Waals surface area contributed by atoms with Gasteiger partial charge in [0.05, 0.1) is 12.8 Å². The molecule has 1 aliphatic carbocycles. The van der Waals surface area contributed by atoms with Crippen molar-refractivity contribution in [3.8, 4) is 5.75 Å². The fourth-order valence-electron chi connectivity index (χ4n) is 5.27. The molecule has 7 nitrogen and oxygen atoms in total. The van der Waals surface area contributed by atoms with Gasteiger partial charge in [-0.15, -0.1) is 0 Å². The second-order valence-electron chi connectivity index (χ2n) is 9.65. The van der Waals surface area contributed by atoms with E-state index < -0.39 is 26.3 Å². The molecule has 180 valence electrons. The molecule has 8 heteroatoms. The van der Waals surface area contributed by atoms with Crippen LogP contribution >= 0.6 is 0 Å². The summed E-state index contributed by atoms with van der Waals surface area (Å²) < 4.78 is 39.7. The van der Waals surface area contributed by atoms with Crippen molar-refractivity contribution in [1.82, 2.24) is 4.31 Å². The molecular weight excluding hydrogens is 440 g/mol. The molecule has 4 rings (SSSR count). The van der Waals surface area contributed by atoms with Crippen molar-refractivity contribution in [2.24, 2.45) is 5.41 Å².